The van der Waals surface area contributed by atoms with Crippen molar-refractivity contribution in [3.05, 3.63) is 28.3 Å². The number of hydrogen-bond acceptors (Lipinski definition) is 6. The molecule has 1 aliphatic rings. The van der Waals surface area contributed by atoms with Crippen LogP contribution in [-0.2, 0) is 9.84 Å². The molecule has 8 nitrogen and oxygen atoms in total. The number of nitro benzene ring substituents is 1. The molecule has 0 aliphatic carbocycles. The fraction of sp³-hybridized carbons (Fsp3) is 0.417. The first kappa shape index (κ1) is 14.0. The highest BCUT2D eigenvalue weighted by Gasteiger charge is 2.26. The molecule has 112 valence electrons. The quantitative estimate of drug-likeness (QED) is 0.642. The van der Waals surface area contributed by atoms with Gasteiger partial charge >= 0.3 is 0 Å². The zero-order valence-corrected chi connectivity index (χ0v) is 11.9. The van der Waals surface area contributed by atoms with Crippen molar-refractivity contribution in [3.63, 3.8) is 0 Å². The van der Waals surface area contributed by atoms with E-state index >= 15 is 0 Å². The van der Waals surface area contributed by atoms with Crippen LogP contribution in [-0.4, -0.2) is 41.6 Å². The highest BCUT2D eigenvalue weighted by atomic mass is 32.2. The number of nitro groups is 1. The van der Waals surface area contributed by atoms with E-state index in [4.69, 9.17) is 0 Å². The number of non-ortho nitro benzene ring substituents is 1. The van der Waals surface area contributed by atoms with Gasteiger partial charge in [-0.3, -0.25) is 10.1 Å². The summed E-state index contributed by atoms with van der Waals surface area (Å²) in [6.07, 6.45) is 1.79. The smallest absolute Gasteiger partial charge is 0.271 e. The van der Waals surface area contributed by atoms with Gasteiger partial charge < -0.3 is 10.3 Å². The summed E-state index contributed by atoms with van der Waals surface area (Å²) >= 11 is 0. The average molecular weight is 310 g/mol. The molecular weight excluding hydrogens is 296 g/mol. The molecule has 0 amide bonds. The number of nitrogens with one attached hydrogen (secondary N) is 2. The van der Waals surface area contributed by atoms with Crippen molar-refractivity contribution in [1.82, 2.24) is 15.3 Å². The second-order valence-corrected chi connectivity index (χ2v) is 7.02. The molecule has 1 fully saturated rings. The van der Waals surface area contributed by atoms with Gasteiger partial charge in [-0.1, -0.05) is 0 Å². The molecule has 0 spiro atoms. The van der Waals surface area contributed by atoms with Crippen LogP contribution in [0.1, 0.15) is 12.8 Å². The van der Waals surface area contributed by atoms with Crippen LogP contribution in [0.4, 0.5) is 5.69 Å². The standard InChI is InChI=1S/C12H14N4O4S/c17-16(18)9-3-4-10-11(6-9)15-12(14-10)21(19,20)7-8-2-1-5-13-8/h3-4,6,8,13H,1-2,5,7H2,(H,14,15)/t8-/m0/s1. The third kappa shape index (κ3) is 2.74. The maximum Gasteiger partial charge on any atom is 0.271 e. The molecule has 1 aromatic heterocycles. The Morgan fingerprint density at radius 2 is 2.24 bits per heavy atom. The minimum Gasteiger partial charge on any atom is -0.329 e. The number of imidazole rings is 1. The van der Waals surface area contributed by atoms with E-state index in [-0.39, 0.29) is 22.6 Å². The van der Waals surface area contributed by atoms with E-state index < -0.39 is 14.8 Å². The number of fused-ring (bicyclic) bond motifs is 1. The molecule has 0 saturated carbocycles. The van der Waals surface area contributed by atoms with E-state index in [1.807, 2.05) is 0 Å². The lowest BCUT2D eigenvalue weighted by molar-refractivity contribution is -0.384. The number of sulfone groups is 1. The van der Waals surface area contributed by atoms with Crippen LogP contribution in [0.5, 0.6) is 0 Å². The Labute approximate surface area is 120 Å². The van der Waals surface area contributed by atoms with E-state index in [9.17, 15) is 18.5 Å². The Morgan fingerprint density at radius 3 is 2.90 bits per heavy atom. The number of hydrogen-bond donors (Lipinski definition) is 2. The van der Waals surface area contributed by atoms with Gasteiger partial charge in [0.15, 0.2) is 0 Å². The summed E-state index contributed by atoms with van der Waals surface area (Å²) in [4.78, 5) is 16.9. The van der Waals surface area contributed by atoms with Crippen LogP contribution < -0.4 is 5.32 Å². The second kappa shape index (κ2) is 5.08. The molecule has 1 saturated heterocycles. The largest absolute Gasteiger partial charge is 0.329 e. The first-order chi connectivity index (χ1) is 9.95. The van der Waals surface area contributed by atoms with Gasteiger partial charge in [-0.2, -0.15) is 0 Å². The Hall–Kier alpha value is -2.00. The summed E-state index contributed by atoms with van der Waals surface area (Å²) in [5, 5.41) is 13.7. The maximum absolute atomic E-state index is 12.3. The Kier molecular flexibility index (Phi) is 3.38. The maximum atomic E-state index is 12.3. The van der Waals surface area contributed by atoms with Gasteiger partial charge in [0.1, 0.15) is 0 Å². The number of aromatic nitrogens is 2. The van der Waals surface area contributed by atoms with Crippen molar-refractivity contribution in [2.45, 2.75) is 24.0 Å². The lowest BCUT2D eigenvalue weighted by Gasteiger charge is -2.08. The van der Waals surface area contributed by atoms with Crippen LogP contribution in [0.25, 0.3) is 11.0 Å². The van der Waals surface area contributed by atoms with E-state index in [0.717, 1.165) is 19.4 Å². The molecule has 0 bridgehead atoms. The summed E-state index contributed by atoms with van der Waals surface area (Å²) < 4.78 is 24.6. The number of benzene rings is 1. The zero-order chi connectivity index (χ0) is 15.0. The van der Waals surface area contributed by atoms with Crippen LogP contribution in [0.2, 0.25) is 0 Å². The number of aromatic amines is 1. The lowest BCUT2D eigenvalue weighted by Crippen LogP contribution is -2.30. The Balaban J connectivity index is 1.94. The first-order valence-corrected chi connectivity index (χ1v) is 8.21. The molecule has 2 aromatic rings. The monoisotopic (exact) mass is 310 g/mol. The number of nitrogens with zero attached hydrogens (tertiary/aromatic N) is 2. The molecule has 21 heavy (non-hydrogen) atoms. The van der Waals surface area contributed by atoms with Gasteiger partial charge in [0.2, 0.25) is 15.0 Å². The van der Waals surface area contributed by atoms with Crippen LogP contribution in [0, 0.1) is 10.1 Å². The highest BCUT2D eigenvalue weighted by molar-refractivity contribution is 7.91. The second-order valence-electron chi connectivity index (χ2n) is 5.08. The molecule has 1 aromatic carbocycles. The average Bonchev–Trinajstić information content (AvgIpc) is 3.05. The minimum absolute atomic E-state index is 0.0189. The van der Waals surface area contributed by atoms with E-state index in [0.29, 0.717) is 11.0 Å². The summed E-state index contributed by atoms with van der Waals surface area (Å²) in [6.45, 7) is 0.826. The molecule has 9 heteroatoms. The van der Waals surface area contributed by atoms with Gasteiger partial charge in [0.25, 0.3) is 5.69 Å². The van der Waals surface area contributed by atoms with Crippen molar-refractivity contribution >= 4 is 26.6 Å². The molecule has 0 radical (unpaired) electrons. The van der Waals surface area contributed by atoms with E-state index in [1.54, 1.807) is 0 Å². The number of rotatable bonds is 4. The van der Waals surface area contributed by atoms with Gasteiger partial charge in [0.05, 0.1) is 21.7 Å². The van der Waals surface area contributed by atoms with Crippen molar-refractivity contribution < 1.29 is 13.3 Å². The predicted octanol–water partition coefficient (Wildman–Crippen LogP) is 0.997. The van der Waals surface area contributed by atoms with Crippen LogP contribution >= 0.6 is 0 Å². The normalized spacial score (nSPS) is 19.1. The molecule has 1 aliphatic heterocycles. The third-order valence-corrected chi connectivity index (χ3v) is 5.16. The summed E-state index contributed by atoms with van der Waals surface area (Å²) in [5.41, 5.74) is 0.647. The molecule has 3 rings (SSSR count). The topological polar surface area (TPSA) is 118 Å². The fourth-order valence-electron chi connectivity index (χ4n) is 2.48. The molecular formula is C12H14N4O4S. The molecule has 2 N–H and O–H groups in total. The predicted molar refractivity (Wildman–Crippen MR) is 75.8 cm³/mol. The van der Waals surface area contributed by atoms with Gasteiger partial charge in [-0.15, -0.1) is 0 Å². The number of H-pyrrole nitrogens is 1. The molecule has 1 atom stereocenters. The zero-order valence-electron chi connectivity index (χ0n) is 11.1. The van der Waals surface area contributed by atoms with Gasteiger partial charge in [-0.05, 0) is 25.5 Å². The van der Waals surface area contributed by atoms with Crippen molar-refractivity contribution in [1.29, 1.82) is 0 Å². The summed E-state index contributed by atoms with van der Waals surface area (Å²) in [6, 6.07) is 3.97. The lowest BCUT2D eigenvalue weighted by atomic mass is 10.3. The van der Waals surface area contributed by atoms with E-state index in [1.165, 1.54) is 18.2 Å². The molecule has 2 heterocycles. The first-order valence-electron chi connectivity index (χ1n) is 6.56. The van der Waals surface area contributed by atoms with Crippen LogP contribution in [0.3, 0.4) is 0 Å². The van der Waals surface area contributed by atoms with Crippen molar-refractivity contribution in [3.8, 4) is 0 Å². The SMILES string of the molecule is O=[N+]([O-])c1ccc2nc(S(=O)(=O)C[C@@H]3CCCN3)[nH]c2c1. The van der Waals surface area contributed by atoms with Crippen molar-refractivity contribution in [2.24, 2.45) is 0 Å². The fourth-order valence-corrected chi connectivity index (χ4v) is 3.95. The van der Waals surface area contributed by atoms with Crippen LogP contribution in [0.15, 0.2) is 23.4 Å². The highest BCUT2D eigenvalue weighted by Crippen LogP contribution is 2.21. The van der Waals surface area contributed by atoms with Crippen molar-refractivity contribution in [2.75, 3.05) is 12.3 Å². The Morgan fingerprint density at radius 1 is 1.43 bits per heavy atom. The van der Waals surface area contributed by atoms with Gasteiger partial charge in [-0.25, -0.2) is 13.4 Å². The van der Waals surface area contributed by atoms with E-state index in [2.05, 4.69) is 15.3 Å². The summed E-state index contributed by atoms with van der Waals surface area (Å²) in [7, 11) is -3.54. The third-order valence-electron chi connectivity index (χ3n) is 3.53. The minimum atomic E-state index is -3.54. The van der Waals surface area contributed by atoms with Gasteiger partial charge in [0, 0.05) is 18.2 Å². The Bertz CT molecular complexity index is 793. The molecule has 0 unspecified atom stereocenters. The summed E-state index contributed by atoms with van der Waals surface area (Å²) in [5.74, 6) is -0.0189.